The summed E-state index contributed by atoms with van der Waals surface area (Å²) in [4.78, 5) is 11.9. The maximum Gasteiger partial charge on any atom is 0.246 e. The zero-order valence-corrected chi connectivity index (χ0v) is 9.97. The molecule has 0 radical (unpaired) electrons. The van der Waals surface area contributed by atoms with Crippen molar-refractivity contribution in [3.8, 4) is 6.07 Å². The van der Waals surface area contributed by atoms with E-state index in [1.807, 2.05) is 13.8 Å². The van der Waals surface area contributed by atoms with Crippen molar-refractivity contribution in [3.05, 3.63) is 5.01 Å². The summed E-state index contributed by atoms with van der Waals surface area (Å²) in [5.41, 5.74) is -0.848. The molecule has 1 aliphatic rings. The van der Waals surface area contributed by atoms with E-state index in [2.05, 4.69) is 21.6 Å². The van der Waals surface area contributed by atoms with Gasteiger partial charge in [-0.25, -0.2) is 0 Å². The van der Waals surface area contributed by atoms with Crippen molar-refractivity contribution in [3.63, 3.8) is 0 Å². The van der Waals surface area contributed by atoms with Crippen molar-refractivity contribution in [2.45, 2.75) is 26.7 Å². The van der Waals surface area contributed by atoms with Crippen molar-refractivity contribution in [1.29, 1.82) is 5.26 Å². The van der Waals surface area contributed by atoms with Crippen molar-refractivity contribution >= 4 is 22.4 Å². The van der Waals surface area contributed by atoms with Gasteiger partial charge in [0.1, 0.15) is 10.4 Å². The van der Waals surface area contributed by atoms with Gasteiger partial charge in [0.05, 0.1) is 6.07 Å². The second-order valence-corrected chi connectivity index (χ2v) is 5.47. The number of anilines is 1. The van der Waals surface area contributed by atoms with E-state index in [1.165, 1.54) is 11.3 Å². The molecule has 1 amide bonds. The summed E-state index contributed by atoms with van der Waals surface area (Å²) < 4.78 is 0. The lowest BCUT2D eigenvalue weighted by atomic mass is 9.63. The van der Waals surface area contributed by atoms with Crippen LogP contribution in [-0.4, -0.2) is 16.1 Å². The second-order valence-electron chi connectivity index (χ2n) is 4.29. The minimum atomic E-state index is -0.848. The van der Waals surface area contributed by atoms with Crippen LogP contribution >= 0.6 is 11.3 Å². The van der Waals surface area contributed by atoms with Crippen molar-refractivity contribution in [1.82, 2.24) is 10.2 Å². The predicted molar refractivity (Wildman–Crippen MR) is 59.7 cm³/mol. The third-order valence-corrected chi connectivity index (χ3v) is 3.54. The Labute approximate surface area is 97.5 Å². The number of aryl methyl sites for hydroxylation is 1. The van der Waals surface area contributed by atoms with Gasteiger partial charge in [0, 0.05) is 0 Å². The fourth-order valence-electron chi connectivity index (χ4n) is 2.02. The number of aromatic nitrogens is 2. The Morgan fingerprint density at radius 2 is 2.31 bits per heavy atom. The van der Waals surface area contributed by atoms with Crippen LogP contribution in [0.5, 0.6) is 0 Å². The minimum absolute atomic E-state index is 0.246. The van der Waals surface area contributed by atoms with Crippen LogP contribution in [0.25, 0.3) is 0 Å². The molecule has 0 aliphatic heterocycles. The summed E-state index contributed by atoms with van der Waals surface area (Å²) in [5, 5.41) is 20.6. The van der Waals surface area contributed by atoms with Gasteiger partial charge < -0.3 is 0 Å². The normalized spacial score (nSPS) is 27.9. The zero-order valence-electron chi connectivity index (χ0n) is 9.15. The molecule has 2 rings (SSSR count). The summed E-state index contributed by atoms with van der Waals surface area (Å²) in [5.74, 6) is 0.200. The Balaban J connectivity index is 2.06. The first-order valence-corrected chi connectivity index (χ1v) is 5.90. The molecule has 1 heterocycles. The maximum absolute atomic E-state index is 11.9. The summed E-state index contributed by atoms with van der Waals surface area (Å²) in [6.07, 6.45) is 1.26. The molecular weight excluding hydrogens is 224 g/mol. The van der Waals surface area contributed by atoms with E-state index in [9.17, 15) is 4.79 Å². The number of nitrogens with one attached hydrogen (secondary N) is 1. The van der Waals surface area contributed by atoms with Crippen LogP contribution in [0, 0.1) is 29.6 Å². The van der Waals surface area contributed by atoms with Crippen LogP contribution in [0.3, 0.4) is 0 Å². The largest absolute Gasteiger partial charge is 0.299 e. The van der Waals surface area contributed by atoms with Crippen LogP contribution < -0.4 is 5.32 Å². The molecule has 6 heteroatoms. The van der Waals surface area contributed by atoms with Gasteiger partial charge in [-0.15, -0.1) is 10.2 Å². The van der Waals surface area contributed by atoms with E-state index in [4.69, 9.17) is 5.26 Å². The predicted octanol–water partition coefficient (Wildman–Crippen LogP) is 1.72. The van der Waals surface area contributed by atoms with Gasteiger partial charge in [0.15, 0.2) is 0 Å². The minimum Gasteiger partial charge on any atom is -0.299 e. The number of nitrogens with zero attached hydrogens (tertiary/aromatic N) is 3. The van der Waals surface area contributed by atoms with E-state index >= 15 is 0 Å². The Morgan fingerprint density at radius 1 is 1.62 bits per heavy atom. The Morgan fingerprint density at radius 3 is 2.75 bits per heavy atom. The highest BCUT2D eigenvalue weighted by molar-refractivity contribution is 7.15. The first-order valence-electron chi connectivity index (χ1n) is 5.08. The average molecular weight is 236 g/mol. The molecular formula is C10H12N4OS. The van der Waals surface area contributed by atoms with E-state index in [1.54, 1.807) is 0 Å². The summed E-state index contributed by atoms with van der Waals surface area (Å²) in [6.45, 7) is 3.86. The number of nitriles is 1. The molecule has 0 atom stereocenters. The second kappa shape index (κ2) is 3.83. The van der Waals surface area contributed by atoms with E-state index in [0.29, 0.717) is 23.9 Å². The smallest absolute Gasteiger partial charge is 0.246 e. The van der Waals surface area contributed by atoms with Crippen molar-refractivity contribution in [2.24, 2.45) is 11.3 Å². The molecule has 1 fully saturated rings. The molecule has 1 N–H and O–H groups in total. The number of hydrogen-bond acceptors (Lipinski definition) is 5. The number of rotatable bonds is 2. The number of hydrogen-bond donors (Lipinski definition) is 1. The molecule has 5 nitrogen and oxygen atoms in total. The fourth-order valence-corrected chi connectivity index (χ4v) is 2.61. The van der Waals surface area contributed by atoms with Gasteiger partial charge in [-0.05, 0) is 25.7 Å². The van der Waals surface area contributed by atoms with Gasteiger partial charge in [0.2, 0.25) is 11.0 Å². The number of amides is 1. The Hall–Kier alpha value is -1.48. The van der Waals surface area contributed by atoms with Gasteiger partial charge in [-0.3, -0.25) is 10.1 Å². The topological polar surface area (TPSA) is 78.7 Å². The van der Waals surface area contributed by atoms with Crippen LogP contribution in [-0.2, 0) is 4.79 Å². The third-order valence-electron chi connectivity index (χ3n) is 2.79. The molecule has 0 unspecified atom stereocenters. The lowest BCUT2D eigenvalue weighted by Crippen LogP contribution is -2.45. The standard InChI is InChI=1S/C10H12N4OS/c1-6-3-10(4-6,5-11)8(15)12-9-14-13-7(2)16-9/h6H,3-4H2,1-2H3,(H,12,14,15). The van der Waals surface area contributed by atoms with E-state index < -0.39 is 5.41 Å². The molecule has 1 aliphatic carbocycles. The molecule has 1 aromatic heterocycles. The van der Waals surface area contributed by atoms with Gasteiger partial charge in [-0.1, -0.05) is 18.3 Å². The lowest BCUT2D eigenvalue weighted by Gasteiger charge is -2.38. The highest BCUT2D eigenvalue weighted by Gasteiger charge is 2.49. The van der Waals surface area contributed by atoms with Crippen molar-refractivity contribution < 1.29 is 4.79 Å². The fraction of sp³-hybridized carbons (Fsp3) is 0.600. The summed E-state index contributed by atoms with van der Waals surface area (Å²) >= 11 is 1.31. The van der Waals surface area contributed by atoms with Gasteiger partial charge in [-0.2, -0.15) is 5.26 Å². The van der Waals surface area contributed by atoms with Crippen LogP contribution in [0.1, 0.15) is 24.8 Å². The number of carbonyl (C=O) groups is 1. The molecule has 0 aromatic carbocycles. The molecule has 0 bridgehead atoms. The summed E-state index contributed by atoms with van der Waals surface area (Å²) in [6, 6.07) is 2.12. The molecule has 1 aromatic rings. The number of carbonyl (C=O) groups excluding carboxylic acids is 1. The molecule has 0 saturated heterocycles. The molecule has 84 valence electrons. The average Bonchev–Trinajstić information content (AvgIpc) is 2.58. The molecule has 1 saturated carbocycles. The molecule has 16 heavy (non-hydrogen) atoms. The van der Waals surface area contributed by atoms with Crippen LogP contribution in [0.2, 0.25) is 0 Å². The molecule has 0 spiro atoms. The van der Waals surface area contributed by atoms with Gasteiger partial charge in [0.25, 0.3) is 0 Å². The van der Waals surface area contributed by atoms with E-state index in [-0.39, 0.29) is 5.91 Å². The first kappa shape index (κ1) is 11.0. The summed E-state index contributed by atoms with van der Waals surface area (Å²) in [7, 11) is 0. The first-order chi connectivity index (χ1) is 7.55. The van der Waals surface area contributed by atoms with E-state index in [0.717, 1.165) is 5.01 Å². The SMILES string of the molecule is Cc1nnc(NC(=O)C2(C#N)CC(C)C2)s1. The third kappa shape index (κ3) is 1.78. The maximum atomic E-state index is 11.9. The van der Waals surface area contributed by atoms with Gasteiger partial charge >= 0.3 is 0 Å². The van der Waals surface area contributed by atoms with Crippen molar-refractivity contribution in [2.75, 3.05) is 5.32 Å². The highest BCUT2D eigenvalue weighted by atomic mass is 32.1. The zero-order chi connectivity index (χ0) is 11.8. The van der Waals surface area contributed by atoms with Crippen LogP contribution in [0.15, 0.2) is 0 Å². The quantitative estimate of drug-likeness (QED) is 0.848. The Bertz CT molecular complexity index is 456. The lowest BCUT2D eigenvalue weighted by molar-refractivity contribution is -0.128. The van der Waals surface area contributed by atoms with Crippen LogP contribution in [0.4, 0.5) is 5.13 Å². The highest BCUT2D eigenvalue weighted by Crippen LogP contribution is 2.45. The monoisotopic (exact) mass is 236 g/mol. The Kier molecular flexibility index (Phi) is 2.64.